The van der Waals surface area contributed by atoms with Crippen LogP contribution in [0.15, 0.2) is 42.9 Å². The molecule has 0 aliphatic heterocycles. The molecule has 0 spiro atoms. The molecular weight excluding hydrogens is 368 g/mol. The van der Waals surface area contributed by atoms with Gasteiger partial charge in [0.25, 0.3) is 5.91 Å². The van der Waals surface area contributed by atoms with E-state index in [1.807, 2.05) is 18.2 Å². The number of hydrogen-bond donors (Lipinski definition) is 3. The van der Waals surface area contributed by atoms with Crippen LogP contribution in [0.1, 0.15) is 48.7 Å². The first-order valence-corrected chi connectivity index (χ1v) is 10.4. The number of H-pyrrole nitrogens is 1. The molecule has 1 aliphatic carbocycles. The summed E-state index contributed by atoms with van der Waals surface area (Å²) >= 11 is 0. The first kappa shape index (κ1) is 21.0. The Hall–Kier alpha value is -2.67. The van der Waals surface area contributed by atoms with Gasteiger partial charge in [-0.3, -0.25) is 9.59 Å². The summed E-state index contributed by atoms with van der Waals surface area (Å²) in [6.45, 7) is 3.25. The molecule has 156 valence electrons. The number of imidazole rings is 1. The monoisotopic (exact) mass is 398 g/mol. The predicted molar refractivity (Wildman–Crippen MR) is 110 cm³/mol. The molecule has 7 heteroatoms. The zero-order valence-electron chi connectivity index (χ0n) is 16.9. The van der Waals surface area contributed by atoms with Crippen molar-refractivity contribution in [3.8, 4) is 0 Å². The first-order valence-electron chi connectivity index (χ1n) is 10.4. The lowest BCUT2D eigenvalue weighted by molar-refractivity contribution is -0.128. The molecule has 0 bridgehead atoms. The number of aromatic amines is 1. The normalized spacial score (nSPS) is 21.5. The summed E-state index contributed by atoms with van der Waals surface area (Å²) < 4.78 is 6.02. The highest BCUT2D eigenvalue weighted by Gasteiger charge is 2.35. The summed E-state index contributed by atoms with van der Waals surface area (Å²) in [5.74, 6) is -0.130. The van der Waals surface area contributed by atoms with Crippen LogP contribution in [0.3, 0.4) is 0 Å². The Morgan fingerprint density at radius 2 is 2.07 bits per heavy atom. The third-order valence-electron chi connectivity index (χ3n) is 5.30. The molecule has 2 amide bonds. The predicted octanol–water partition coefficient (Wildman–Crippen LogP) is 2.46. The quantitative estimate of drug-likeness (QED) is 0.605. The Balaban J connectivity index is 1.53. The minimum atomic E-state index is -0.153. The van der Waals surface area contributed by atoms with Crippen LogP contribution in [0.5, 0.6) is 0 Å². The Morgan fingerprint density at radius 1 is 1.24 bits per heavy atom. The van der Waals surface area contributed by atoms with Crippen LogP contribution < -0.4 is 10.6 Å². The highest BCUT2D eigenvalue weighted by atomic mass is 16.5. The smallest absolute Gasteiger partial charge is 0.251 e. The van der Waals surface area contributed by atoms with Crippen LogP contribution in [0.2, 0.25) is 0 Å². The summed E-state index contributed by atoms with van der Waals surface area (Å²) in [7, 11) is 0. The molecule has 0 unspecified atom stereocenters. The van der Waals surface area contributed by atoms with E-state index in [9.17, 15) is 9.59 Å². The van der Waals surface area contributed by atoms with Gasteiger partial charge in [0.05, 0.1) is 18.5 Å². The average molecular weight is 399 g/mol. The molecule has 1 heterocycles. The van der Waals surface area contributed by atoms with Crippen LogP contribution in [0, 0.1) is 5.92 Å². The highest BCUT2D eigenvalue weighted by Crippen LogP contribution is 2.27. The van der Waals surface area contributed by atoms with E-state index in [0.717, 1.165) is 31.4 Å². The number of hydrogen-bond acceptors (Lipinski definition) is 4. The van der Waals surface area contributed by atoms with Crippen molar-refractivity contribution < 1.29 is 14.3 Å². The number of benzene rings is 1. The Bertz CT molecular complexity index is 764. The lowest BCUT2D eigenvalue weighted by atomic mass is 9.83. The van der Waals surface area contributed by atoms with Crippen molar-refractivity contribution in [2.45, 2.75) is 51.2 Å². The molecule has 0 radical (unpaired) electrons. The van der Waals surface area contributed by atoms with Crippen molar-refractivity contribution in [3.05, 3.63) is 54.1 Å². The maximum atomic E-state index is 12.6. The van der Waals surface area contributed by atoms with Gasteiger partial charge in [0.1, 0.15) is 0 Å². The average Bonchev–Trinajstić information content (AvgIpc) is 3.27. The second kappa shape index (κ2) is 10.8. The van der Waals surface area contributed by atoms with Gasteiger partial charge in [-0.15, -0.1) is 0 Å². The van der Waals surface area contributed by atoms with Crippen molar-refractivity contribution in [2.75, 3.05) is 13.2 Å². The first-order chi connectivity index (χ1) is 14.2. The van der Waals surface area contributed by atoms with Crippen molar-refractivity contribution in [1.29, 1.82) is 0 Å². The molecule has 1 aromatic heterocycles. The highest BCUT2D eigenvalue weighted by molar-refractivity contribution is 5.94. The van der Waals surface area contributed by atoms with Crippen LogP contribution in [-0.4, -0.2) is 47.1 Å². The summed E-state index contributed by atoms with van der Waals surface area (Å²) in [5.41, 5.74) is 1.64. The number of carbonyl (C=O) groups is 2. The van der Waals surface area contributed by atoms with E-state index in [4.69, 9.17) is 4.74 Å². The maximum absolute atomic E-state index is 12.6. The van der Waals surface area contributed by atoms with Crippen molar-refractivity contribution in [1.82, 2.24) is 20.6 Å². The van der Waals surface area contributed by atoms with E-state index in [1.165, 1.54) is 0 Å². The molecular formula is C22H30N4O3. The minimum Gasteiger partial charge on any atom is -0.376 e. The fourth-order valence-corrected chi connectivity index (χ4v) is 3.71. The van der Waals surface area contributed by atoms with E-state index in [-0.39, 0.29) is 29.9 Å². The SMILES string of the molecule is CCCO[C@H]1C[C@@H](C(=O)NCCc2cnc[nH]2)CC[C@@H]1NC(=O)c1ccccc1. The second-order valence-electron chi connectivity index (χ2n) is 7.48. The lowest BCUT2D eigenvalue weighted by Crippen LogP contribution is -2.50. The molecule has 1 aliphatic rings. The van der Waals surface area contributed by atoms with Gasteiger partial charge in [0.15, 0.2) is 0 Å². The van der Waals surface area contributed by atoms with Crippen molar-refractivity contribution in [2.24, 2.45) is 5.92 Å². The Labute approximate surface area is 171 Å². The molecule has 1 saturated carbocycles. The fourth-order valence-electron chi connectivity index (χ4n) is 3.71. The topological polar surface area (TPSA) is 96.1 Å². The van der Waals surface area contributed by atoms with Gasteiger partial charge in [-0.05, 0) is 37.8 Å². The summed E-state index contributed by atoms with van der Waals surface area (Å²) in [6, 6.07) is 9.12. The number of rotatable bonds is 9. The molecule has 3 rings (SSSR count). The van der Waals surface area contributed by atoms with Gasteiger partial charge in [-0.2, -0.15) is 0 Å². The standard InChI is InChI=1S/C22H30N4O3/c1-2-12-29-20-13-17(21(27)24-11-10-18-14-23-15-25-18)8-9-19(20)26-22(28)16-6-4-3-5-7-16/h3-7,14-15,17,19-20H,2,8-13H2,1H3,(H,23,25)(H,24,27)(H,26,28)/t17-,19-,20-/m0/s1. The number of aromatic nitrogens is 2. The van der Waals surface area contributed by atoms with Crippen LogP contribution >= 0.6 is 0 Å². The third-order valence-corrected chi connectivity index (χ3v) is 5.30. The minimum absolute atomic E-state index is 0.0578. The van der Waals surface area contributed by atoms with Crippen LogP contribution in [-0.2, 0) is 16.0 Å². The Morgan fingerprint density at radius 3 is 2.79 bits per heavy atom. The molecule has 1 aromatic carbocycles. The Kier molecular flexibility index (Phi) is 7.81. The molecule has 3 N–H and O–H groups in total. The fraction of sp³-hybridized carbons (Fsp3) is 0.500. The zero-order chi connectivity index (χ0) is 20.5. The molecule has 2 aromatic rings. The summed E-state index contributed by atoms with van der Waals surface area (Å²) in [4.78, 5) is 32.2. The maximum Gasteiger partial charge on any atom is 0.251 e. The van der Waals surface area contributed by atoms with Gasteiger partial charge in [-0.1, -0.05) is 25.1 Å². The number of nitrogens with one attached hydrogen (secondary N) is 3. The number of carbonyl (C=O) groups excluding carboxylic acids is 2. The molecule has 3 atom stereocenters. The molecule has 7 nitrogen and oxygen atoms in total. The molecule has 1 fully saturated rings. The zero-order valence-corrected chi connectivity index (χ0v) is 16.9. The second-order valence-corrected chi connectivity index (χ2v) is 7.48. The largest absolute Gasteiger partial charge is 0.376 e. The van der Waals surface area contributed by atoms with Crippen LogP contribution in [0.4, 0.5) is 0 Å². The molecule has 0 saturated heterocycles. The lowest BCUT2D eigenvalue weighted by Gasteiger charge is -2.36. The van der Waals surface area contributed by atoms with Gasteiger partial charge in [0, 0.05) is 42.9 Å². The van der Waals surface area contributed by atoms with E-state index in [0.29, 0.717) is 25.1 Å². The van der Waals surface area contributed by atoms with Gasteiger partial charge in [-0.25, -0.2) is 4.98 Å². The van der Waals surface area contributed by atoms with E-state index in [2.05, 4.69) is 27.5 Å². The number of ether oxygens (including phenoxy) is 1. The van der Waals surface area contributed by atoms with E-state index in [1.54, 1.807) is 24.7 Å². The van der Waals surface area contributed by atoms with Gasteiger partial charge in [0.2, 0.25) is 5.91 Å². The van der Waals surface area contributed by atoms with Crippen molar-refractivity contribution in [3.63, 3.8) is 0 Å². The van der Waals surface area contributed by atoms with E-state index < -0.39 is 0 Å². The third kappa shape index (κ3) is 6.15. The van der Waals surface area contributed by atoms with E-state index >= 15 is 0 Å². The number of nitrogens with zero attached hydrogens (tertiary/aromatic N) is 1. The van der Waals surface area contributed by atoms with Gasteiger partial charge >= 0.3 is 0 Å². The summed E-state index contributed by atoms with van der Waals surface area (Å²) in [6.07, 6.45) is 6.96. The number of amides is 2. The van der Waals surface area contributed by atoms with Crippen molar-refractivity contribution >= 4 is 11.8 Å². The molecule has 29 heavy (non-hydrogen) atoms. The van der Waals surface area contributed by atoms with Gasteiger partial charge < -0.3 is 20.4 Å². The van der Waals surface area contributed by atoms with Crippen LogP contribution in [0.25, 0.3) is 0 Å². The summed E-state index contributed by atoms with van der Waals surface area (Å²) in [5, 5.41) is 6.13.